The molecule has 164 valence electrons. The number of halogens is 2. The van der Waals surface area contributed by atoms with Crippen molar-refractivity contribution in [1.82, 2.24) is 15.2 Å². The Labute approximate surface area is 183 Å². The largest absolute Gasteiger partial charge is 0.472 e. The lowest BCUT2D eigenvalue weighted by atomic mass is 10.1. The Morgan fingerprint density at radius 1 is 1.19 bits per heavy atom. The van der Waals surface area contributed by atoms with Gasteiger partial charge in [-0.3, -0.25) is 14.8 Å². The van der Waals surface area contributed by atoms with Crippen LogP contribution in [0.4, 0.5) is 8.78 Å². The quantitative estimate of drug-likeness (QED) is 0.534. The summed E-state index contributed by atoms with van der Waals surface area (Å²) in [7, 11) is 1.61. The standard InChI is InChI=1S/C23H21F2N5O2/c1-14(18(12-27-2)20-7-6-17(11-28-20)22(24)25)13-32-21-9-8-19(29-30-21)15-4-3-5-16(10-15)23(26)31/h3-12,22H,13H2,1-2H3,(H2,26,31)/b18-14-,27-12?. The van der Waals surface area contributed by atoms with Crippen molar-refractivity contribution in [1.29, 1.82) is 0 Å². The topological polar surface area (TPSA) is 103 Å². The van der Waals surface area contributed by atoms with Gasteiger partial charge in [-0.05, 0) is 42.8 Å². The van der Waals surface area contributed by atoms with Crippen LogP contribution in [0.25, 0.3) is 16.8 Å². The molecular formula is C23H21F2N5O2. The van der Waals surface area contributed by atoms with Crippen LogP contribution in [0.15, 0.2) is 65.3 Å². The lowest BCUT2D eigenvalue weighted by molar-refractivity contribution is 0.1000. The zero-order valence-corrected chi connectivity index (χ0v) is 17.5. The summed E-state index contributed by atoms with van der Waals surface area (Å²) < 4.78 is 31.3. The number of hydrogen-bond donors (Lipinski definition) is 1. The zero-order valence-electron chi connectivity index (χ0n) is 17.5. The third kappa shape index (κ3) is 5.57. The average molecular weight is 437 g/mol. The predicted molar refractivity (Wildman–Crippen MR) is 118 cm³/mol. The number of alkyl halides is 2. The van der Waals surface area contributed by atoms with Crippen LogP contribution in [-0.2, 0) is 0 Å². The molecule has 1 aromatic carbocycles. The van der Waals surface area contributed by atoms with E-state index in [2.05, 4.69) is 20.2 Å². The van der Waals surface area contributed by atoms with Crippen molar-refractivity contribution in [2.75, 3.05) is 13.7 Å². The molecule has 32 heavy (non-hydrogen) atoms. The molecule has 9 heteroatoms. The molecule has 0 saturated heterocycles. The smallest absolute Gasteiger partial charge is 0.265 e. The molecule has 2 aromatic heterocycles. The van der Waals surface area contributed by atoms with E-state index < -0.39 is 12.3 Å². The number of aromatic nitrogens is 3. The first-order valence-corrected chi connectivity index (χ1v) is 9.62. The SMILES string of the molecule is CN=C/C(=C(\C)COc1ccc(-c2cccc(C(N)=O)c2)nn1)c1ccc(C(F)F)cn1. The highest BCUT2D eigenvalue weighted by Crippen LogP contribution is 2.22. The van der Waals surface area contributed by atoms with E-state index in [4.69, 9.17) is 10.5 Å². The van der Waals surface area contributed by atoms with E-state index in [0.29, 0.717) is 34.0 Å². The second-order valence-corrected chi connectivity index (χ2v) is 6.85. The highest BCUT2D eigenvalue weighted by Gasteiger charge is 2.11. The monoisotopic (exact) mass is 437 g/mol. The Balaban J connectivity index is 1.74. The van der Waals surface area contributed by atoms with Gasteiger partial charge in [-0.1, -0.05) is 12.1 Å². The Morgan fingerprint density at radius 3 is 2.59 bits per heavy atom. The first kappa shape index (κ1) is 22.7. The van der Waals surface area contributed by atoms with Gasteiger partial charge >= 0.3 is 0 Å². The minimum absolute atomic E-state index is 0.146. The van der Waals surface area contributed by atoms with E-state index >= 15 is 0 Å². The average Bonchev–Trinajstić information content (AvgIpc) is 2.81. The predicted octanol–water partition coefficient (Wildman–Crippen LogP) is 4.13. The summed E-state index contributed by atoms with van der Waals surface area (Å²) in [6.07, 6.45) is 0.173. The number of pyridine rings is 1. The van der Waals surface area contributed by atoms with Gasteiger partial charge in [-0.2, -0.15) is 0 Å². The molecule has 0 aliphatic rings. The Bertz CT molecular complexity index is 1140. The highest BCUT2D eigenvalue weighted by atomic mass is 19.3. The summed E-state index contributed by atoms with van der Waals surface area (Å²) in [6.45, 7) is 2.00. The van der Waals surface area contributed by atoms with E-state index in [-0.39, 0.29) is 12.2 Å². The number of aliphatic imine (C=N–C) groups is 1. The molecule has 0 aliphatic heterocycles. The molecule has 7 nitrogen and oxygen atoms in total. The number of hydrogen-bond acceptors (Lipinski definition) is 6. The minimum atomic E-state index is -2.58. The molecule has 0 atom stereocenters. The van der Waals surface area contributed by atoms with Crippen molar-refractivity contribution in [3.63, 3.8) is 0 Å². The van der Waals surface area contributed by atoms with Crippen LogP contribution in [0.2, 0.25) is 0 Å². The molecule has 0 fully saturated rings. The van der Waals surface area contributed by atoms with Crippen LogP contribution < -0.4 is 10.5 Å². The van der Waals surface area contributed by atoms with Crippen molar-refractivity contribution in [2.45, 2.75) is 13.3 Å². The van der Waals surface area contributed by atoms with Gasteiger partial charge in [-0.15, -0.1) is 10.2 Å². The fourth-order valence-electron chi connectivity index (χ4n) is 2.86. The Morgan fingerprint density at radius 2 is 2.00 bits per heavy atom. The van der Waals surface area contributed by atoms with Crippen LogP contribution in [0.1, 0.15) is 35.0 Å². The number of nitrogens with zero attached hydrogens (tertiary/aromatic N) is 4. The number of amides is 1. The fourth-order valence-corrected chi connectivity index (χ4v) is 2.86. The van der Waals surface area contributed by atoms with Gasteiger partial charge in [-0.25, -0.2) is 8.78 Å². The number of rotatable bonds is 8. The number of nitrogens with two attached hydrogens (primary N) is 1. The molecule has 0 bridgehead atoms. The number of benzene rings is 1. The number of primary amides is 1. The van der Waals surface area contributed by atoms with E-state index in [1.54, 1.807) is 49.7 Å². The molecule has 0 saturated carbocycles. The van der Waals surface area contributed by atoms with Crippen molar-refractivity contribution in [3.8, 4) is 17.1 Å². The second-order valence-electron chi connectivity index (χ2n) is 6.85. The first-order valence-electron chi connectivity index (χ1n) is 9.62. The second kappa shape index (κ2) is 10.3. The molecule has 0 radical (unpaired) electrons. The molecule has 3 aromatic rings. The molecule has 0 aliphatic carbocycles. The van der Waals surface area contributed by atoms with Gasteiger partial charge in [0.1, 0.15) is 6.61 Å². The number of allylic oxidation sites excluding steroid dienone is 1. The number of carbonyl (C=O) groups excluding carboxylic acids is 1. The van der Waals surface area contributed by atoms with E-state index in [1.807, 2.05) is 6.92 Å². The van der Waals surface area contributed by atoms with Crippen LogP contribution in [0, 0.1) is 0 Å². The minimum Gasteiger partial charge on any atom is -0.472 e. The van der Waals surface area contributed by atoms with Crippen molar-refractivity contribution in [3.05, 3.63) is 77.1 Å². The third-order valence-electron chi connectivity index (χ3n) is 4.55. The van der Waals surface area contributed by atoms with E-state index in [9.17, 15) is 13.6 Å². The zero-order chi connectivity index (χ0) is 23.1. The summed E-state index contributed by atoms with van der Waals surface area (Å²) in [5.41, 5.74) is 8.78. The van der Waals surface area contributed by atoms with Gasteiger partial charge in [0.25, 0.3) is 6.43 Å². The number of carbonyl (C=O) groups is 1. The maximum atomic E-state index is 12.8. The third-order valence-corrected chi connectivity index (χ3v) is 4.55. The van der Waals surface area contributed by atoms with Crippen LogP contribution in [0.3, 0.4) is 0 Å². The lowest BCUT2D eigenvalue weighted by Gasteiger charge is -2.10. The molecule has 2 N–H and O–H groups in total. The molecule has 0 unspecified atom stereocenters. The van der Waals surface area contributed by atoms with Gasteiger partial charge in [0.05, 0.1) is 11.4 Å². The van der Waals surface area contributed by atoms with Gasteiger partial charge in [0, 0.05) is 47.8 Å². The summed E-state index contributed by atoms with van der Waals surface area (Å²) >= 11 is 0. The molecule has 2 heterocycles. The maximum Gasteiger partial charge on any atom is 0.265 e. The highest BCUT2D eigenvalue weighted by molar-refractivity contribution is 6.10. The van der Waals surface area contributed by atoms with Crippen molar-refractivity contribution in [2.24, 2.45) is 10.7 Å². The molecule has 1 amide bonds. The van der Waals surface area contributed by atoms with Crippen LogP contribution >= 0.6 is 0 Å². The summed E-state index contributed by atoms with van der Waals surface area (Å²) in [5, 5.41) is 8.21. The normalized spacial score (nSPS) is 12.2. The van der Waals surface area contributed by atoms with E-state index in [0.717, 1.165) is 11.8 Å². The molecular weight excluding hydrogens is 416 g/mol. The van der Waals surface area contributed by atoms with E-state index in [1.165, 1.54) is 12.1 Å². The summed E-state index contributed by atoms with van der Waals surface area (Å²) in [5.74, 6) is -0.222. The molecule has 3 rings (SSSR count). The Kier molecular flexibility index (Phi) is 7.33. The number of ether oxygens (including phenoxy) is 1. The summed E-state index contributed by atoms with van der Waals surface area (Å²) in [6, 6.07) is 13.0. The van der Waals surface area contributed by atoms with Crippen molar-refractivity contribution >= 4 is 17.7 Å². The van der Waals surface area contributed by atoms with Crippen LogP contribution in [-0.4, -0.2) is 41.0 Å². The molecule has 0 spiro atoms. The first-order chi connectivity index (χ1) is 15.4. The maximum absolute atomic E-state index is 12.8. The summed E-state index contributed by atoms with van der Waals surface area (Å²) in [4.78, 5) is 19.5. The van der Waals surface area contributed by atoms with Gasteiger partial charge in [0.15, 0.2) is 0 Å². The lowest BCUT2D eigenvalue weighted by Crippen LogP contribution is -2.10. The Hall–Kier alpha value is -4.01. The fraction of sp³-hybridized carbons (Fsp3) is 0.174. The van der Waals surface area contributed by atoms with Gasteiger partial charge in [0.2, 0.25) is 11.8 Å². The van der Waals surface area contributed by atoms with Crippen LogP contribution in [0.5, 0.6) is 5.88 Å². The van der Waals surface area contributed by atoms with Gasteiger partial charge < -0.3 is 10.5 Å². The van der Waals surface area contributed by atoms with Crippen molar-refractivity contribution < 1.29 is 18.3 Å².